The zero-order chi connectivity index (χ0) is 13.2. The smallest absolute Gasteiger partial charge is 0.239 e. The molecule has 0 bridgehead atoms. The fraction of sp³-hybridized carbons (Fsp3) is 0.643. The van der Waals surface area contributed by atoms with E-state index in [1.54, 1.807) is 0 Å². The molecule has 0 aromatic carbocycles. The Morgan fingerprint density at radius 3 is 3.11 bits per heavy atom. The number of nitrogen functional groups attached to an aromatic ring is 1. The summed E-state index contributed by atoms with van der Waals surface area (Å²) < 4.78 is 5.48. The first-order valence-electron chi connectivity index (χ1n) is 7.16. The topological polar surface area (TPSA) is 54.6 Å². The van der Waals surface area contributed by atoms with Crippen molar-refractivity contribution in [3.05, 3.63) is 12.1 Å². The number of pyridine rings is 1. The van der Waals surface area contributed by atoms with Gasteiger partial charge in [0.2, 0.25) is 5.88 Å². The first-order valence-corrected chi connectivity index (χ1v) is 7.16. The van der Waals surface area contributed by atoms with Crippen LogP contribution in [0.1, 0.15) is 19.8 Å². The van der Waals surface area contributed by atoms with Crippen molar-refractivity contribution >= 4 is 11.5 Å². The SMILES string of the molecule is CCOc1nc(N2CCN3CCCC3C2)ccc1N. The maximum atomic E-state index is 5.88. The molecule has 2 aliphatic rings. The number of nitrogens with two attached hydrogens (primary N) is 1. The van der Waals surface area contributed by atoms with Gasteiger partial charge in [-0.1, -0.05) is 0 Å². The summed E-state index contributed by atoms with van der Waals surface area (Å²) in [6.45, 7) is 7.06. The van der Waals surface area contributed by atoms with Crippen LogP contribution in [-0.4, -0.2) is 48.7 Å². The molecule has 0 spiro atoms. The highest BCUT2D eigenvalue weighted by Crippen LogP contribution is 2.27. The standard InChI is InChI=1S/C14H22N4O/c1-2-19-14-12(15)5-6-13(16-14)18-9-8-17-7-3-4-11(17)10-18/h5-6,11H,2-4,7-10,15H2,1H3. The molecule has 104 valence electrons. The van der Waals surface area contributed by atoms with Crippen molar-refractivity contribution in [3.8, 4) is 5.88 Å². The second-order valence-electron chi connectivity index (χ2n) is 5.27. The van der Waals surface area contributed by atoms with Crippen LogP contribution in [0.3, 0.4) is 0 Å². The lowest BCUT2D eigenvalue weighted by atomic mass is 10.1. The van der Waals surface area contributed by atoms with E-state index < -0.39 is 0 Å². The molecule has 3 rings (SSSR count). The van der Waals surface area contributed by atoms with Crippen molar-refractivity contribution in [2.45, 2.75) is 25.8 Å². The van der Waals surface area contributed by atoms with Gasteiger partial charge >= 0.3 is 0 Å². The fourth-order valence-corrected chi connectivity index (χ4v) is 3.07. The summed E-state index contributed by atoms with van der Waals surface area (Å²) in [5.41, 5.74) is 6.49. The summed E-state index contributed by atoms with van der Waals surface area (Å²) in [5, 5.41) is 0. The number of aromatic nitrogens is 1. The number of hydrogen-bond acceptors (Lipinski definition) is 5. The van der Waals surface area contributed by atoms with Crippen LogP contribution in [0.15, 0.2) is 12.1 Å². The van der Waals surface area contributed by atoms with Crippen molar-refractivity contribution in [3.63, 3.8) is 0 Å². The lowest BCUT2D eigenvalue weighted by molar-refractivity contribution is 0.230. The predicted molar refractivity (Wildman–Crippen MR) is 76.6 cm³/mol. The summed E-state index contributed by atoms with van der Waals surface area (Å²) in [7, 11) is 0. The normalized spacial score (nSPS) is 23.4. The summed E-state index contributed by atoms with van der Waals surface area (Å²) in [5.74, 6) is 1.55. The van der Waals surface area contributed by atoms with Crippen LogP contribution < -0.4 is 15.4 Å². The number of hydrogen-bond donors (Lipinski definition) is 1. The van der Waals surface area contributed by atoms with E-state index in [4.69, 9.17) is 10.5 Å². The van der Waals surface area contributed by atoms with Gasteiger partial charge in [-0.05, 0) is 38.4 Å². The third-order valence-electron chi connectivity index (χ3n) is 4.07. The molecular weight excluding hydrogens is 240 g/mol. The lowest BCUT2D eigenvalue weighted by Gasteiger charge is -2.38. The molecule has 1 atom stereocenters. The molecule has 0 saturated carbocycles. The fourth-order valence-electron chi connectivity index (χ4n) is 3.07. The Labute approximate surface area is 114 Å². The number of fused-ring (bicyclic) bond motifs is 1. The molecule has 1 aromatic heterocycles. The number of ether oxygens (including phenoxy) is 1. The number of anilines is 2. The Kier molecular flexibility index (Phi) is 3.46. The molecule has 0 amide bonds. The Balaban J connectivity index is 1.76. The zero-order valence-corrected chi connectivity index (χ0v) is 11.5. The molecule has 1 aromatic rings. The van der Waals surface area contributed by atoms with E-state index >= 15 is 0 Å². The first kappa shape index (κ1) is 12.5. The van der Waals surface area contributed by atoms with Crippen molar-refractivity contribution in [2.24, 2.45) is 0 Å². The Morgan fingerprint density at radius 1 is 1.37 bits per heavy atom. The summed E-state index contributed by atoms with van der Waals surface area (Å²) in [6, 6.07) is 4.60. The van der Waals surface area contributed by atoms with Gasteiger partial charge in [-0.15, -0.1) is 0 Å². The van der Waals surface area contributed by atoms with Crippen molar-refractivity contribution in [1.82, 2.24) is 9.88 Å². The van der Waals surface area contributed by atoms with Crippen LogP contribution in [0.2, 0.25) is 0 Å². The van der Waals surface area contributed by atoms with Gasteiger partial charge in [0.05, 0.1) is 12.3 Å². The average molecular weight is 262 g/mol. The maximum absolute atomic E-state index is 5.88. The van der Waals surface area contributed by atoms with E-state index in [0.29, 0.717) is 24.2 Å². The van der Waals surface area contributed by atoms with Gasteiger partial charge in [0.15, 0.2) is 0 Å². The number of piperazine rings is 1. The molecule has 5 heteroatoms. The molecule has 19 heavy (non-hydrogen) atoms. The van der Waals surface area contributed by atoms with E-state index in [0.717, 1.165) is 25.5 Å². The van der Waals surface area contributed by atoms with E-state index in [1.165, 1.54) is 19.4 Å². The van der Waals surface area contributed by atoms with Crippen LogP contribution in [0.4, 0.5) is 11.5 Å². The molecule has 2 fully saturated rings. The van der Waals surface area contributed by atoms with E-state index in [-0.39, 0.29) is 0 Å². The molecule has 3 heterocycles. The third-order valence-corrected chi connectivity index (χ3v) is 4.07. The quantitative estimate of drug-likeness (QED) is 0.891. The highest BCUT2D eigenvalue weighted by molar-refractivity contribution is 5.54. The highest BCUT2D eigenvalue weighted by atomic mass is 16.5. The molecule has 1 unspecified atom stereocenters. The third kappa shape index (κ3) is 2.47. The van der Waals surface area contributed by atoms with Crippen molar-refractivity contribution < 1.29 is 4.74 Å². The van der Waals surface area contributed by atoms with Crippen LogP contribution >= 0.6 is 0 Å². The van der Waals surface area contributed by atoms with Gasteiger partial charge in [-0.2, -0.15) is 4.98 Å². The molecule has 0 radical (unpaired) electrons. The highest BCUT2D eigenvalue weighted by Gasteiger charge is 2.31. The van der Waals surface area contributed by atoms with Crippen LogP contribution in [0.25, 0.3) is 0 Å². The number of nitrogens with zero attached hydrogens (tertiary/aromatic N) is 3. The second-order valence-corrected chi connectivity index (χ2v) is 5.27. The largest absolute Gasteiger partial charge is 0.476 e. The lowest BCUT2D eigenvalue weighted by Crippen LogP contribution is -2.50. The van der Waals surface area contributed by atoms with Gasteiger partial charge in [-0.25, -0.2) is 0 Å². The molecule has 2 aliphatic heterocycles. The van der Waals surface area contributed by atoms with Gasteiger partial charge in [0, 0.05) is 25.7 Å². The minimum atomic E-state index is 0.564. The Bertz CT molecular complexity index is 451. The minimum Gasteiger partial charge on any atom is -0.476 e. The molecule has 0 aliphatic carbocycles. The van der Waals surface area contributed by atoms with Gasteiger partial charge in [-0.3, -0.25) is 4.90 Å². The predicted octanol–water partition coefficient (Wildman–Crippen LogP) is 1.35. The Hall–Kier alpha value is -1.49. The summed E-state index contributed by atoms with van der Waals surface area (Å²) in [6.07, 6.45) is 2.64. The van der Waals surface area contributed by atoms with E-state index in [9.17, 15) is 0 Å². The monoisotopic (exact) mass is 262 g/mol. The second kappa shape index (κ2) is 5.25. The number of rotatable bonds is 3. The van der Waals surface area contributed by atoms with Crippen LogP contribution in [0, 0.1) is 0 Å². The Morgan fingerprint density at radius 2 is 2.26 bits per heavy atom. The molecule has 2 N–H and O–H groups in total. The molecule has 5 nitrogen and oxygen atoms in total. The van der Waals surface area contributed by atoms with E-state index in [2.05, 4.69) is 14.8 Å². The van der Waals surface area contributed by atoms with Gasteiger partial charge in [0.1, 0.15) is 5.82 Å². The first-order chi connectivity index (χ1) is 9.28. The zero-order valence-electron chi connectivity index (χ0n) is 11.5. The summed E-state index contributed by atoms with van der Waals surface area (Å²) in [4.78, 5) is 9.51. The average Bonchev–Trinajstić information content (AvgIpc) is 2.89. The molecule has 2 saturated heterocycles. The summed E-state index contributed by atoms with van der Waals surface area (Å²) >= 11 is 0. The van der Waals surface area contributed by atoms with Crippen molar-refractivity contribution in [1.29, 1.82) is 0 Å². The molecular formula is C14H22N4O. The minimum absolute atomic E-state index is 0.564. The van der Waals surface area contributed by atoms with Crippen LogP contribution in [0.5, 0.6) is 5.88 Å². The van der Waals surface area contributed by atoms with E-state index in [1.807, 2.05) is 19.1 Å². The van der Waals surface area contributed by atoms with Crippen LogP contribution in [-0.2, 0) is 0 Å². The van der Waals surface area contributed by atoms with Gasteiger partial charge in [0.25, 0.3) is 0 Å². The van der Waals surface area contributed by atoms with Gasteiger partial charge < -0.3 is 15.4 Å². The van der Waals surface area contributed by atoms with Crippen molar-refractivity contribution in [2.75, 3.05) is 43.4 Å². The maximum Gasteiger partial charge on any atom is 0.239 e.